The second-order valence-electron chi connectivity index (χ2n) is 4.19. The van der Waals surface area contributed by atoms with E-state index in [1.807, 2.05) is 6.92 Å². The van der Waals surface area contributed by atoms with Crippen LogP contribution in [0.3, 0.4) is 0 Å². The van der Waals surface area contributed by atoms with Gasteiger partial charge >= 0.3 is 12.0 Å². The highest BCUT2D eigenvalue weighted by Gasteiger charge is 2.37. The van der Waals surface area contributed by atoms with E-state index in [1.54, 1.807) is 19.0 Å². The number of ether oxygens (including phenoxy) is 1. The summed E-state index contributed by atoms with van der Waals surface area (Å²) in [5.41, 5.74) is 0. The molecular weight excluding hydrogens is 196 g/mol. The molecule has 2 unspecified atom stereocenters. The highest BCUT2D eigenvalue weighted by Crippen LogP contribution is 2.24. The lowest BCUT2D eigenvalue weighted by Crippen LogP contribution is -2.38. The van der Waals surface area contributed by atoms with Crippen LogP contribution in [0.25, 0.3) is 0 Å². The van der Waals surface area contributed by atoms with E-state index < -0.39 is 0 Å². The Hall–Kier alpha value is -1.26. The minimum Gasteiger partial charge on any atom is -0.469 e. The van der Waals surface area contributed by atoms with Crippen molar-refractivity contribution < 1.29 is 14.3 Å². The minimum atomic E-state index is -0.225. The summed E-state index contributed by atoms with van der Waals surface area (Å²) in [5.74, 6) is -0.239. The van der Waals surface area contributed by atoms with Crippen molar-refractivity contribution >= 4 is 12.0 Å². The zero-order valence-corrected chi connectivity index (χ0v) is 9.69. The SMILES string of the molecule is COC(=O)C1CN(C(=O)N(C)C)CC1C. The zero-order chi connectivity index (χ0) is 11.6. The molecule has 1 heterocycles. The third-order valence-electron chi connectivity index (χ3n) is 2.77. The van der Waals surface area contributed by atoms with Crippen molar-refractivity contribution in [1.82, 2.24) is 9.80 Å². The lowest BCUT2D eigenvalue weighted by atomic mass is 9.99. The third-order valence-corrected chi connectivity index (χ3v) is 2.77. The molecule has 2 atom stereocenters. The van der Waals surface area contributed by atoms with Crippen LogP contribution in [0.4, 0.5) is 4.79 Å². The van der Waals surface area contributed by atoms with Gasteiger partial charge in [0, 0.05) is 27.2 Å². The molecule has 0 aromatic carbocycles. The van der Waals surface area contributed by atoms with Crippen molar-refractivity contribution in [1.29, 1.82) is 0 Å². The monoisotopic (exact) mass is 214 g/mol. The van der Waals surface area contributed by atoms with Crippen molar-refractivity contribution in [2.75, 3.05) is 34.3 Å². The molecule has 0 N–H and O–H groups in total. The third kappa shape index (κ3) is 2.40. The van der Waals surface area contributed by atoms with Gasteiger partial charge in [0.2, 0.25) is 0 Å². The lowest BCUT2D eigenvalue weighted by Gasteiger charge is -2.20. The van der Waals surface area contributed by atoms with Gasteiger partial charge in [0.15, 0.2) is 0 Å². The minimum absolute atomic E-state index is 0.0479. The first kappa shape index (κ1) is 11.8. The van der Waals surface area contributed by atoms with Gasteiger partial charge in [-0.1, -0.05) is 6.92 Å². The largest absolute Gasteiger partial charge is 0.469 e. The smallest absolute Gasteiger partial charge is 0.319 e. The number of carbonyl (C=O) groups excluding carboxylic acids is 2. The average Bonchev–Trinajstić information content (AvgIpc) is 2.57. The number of methoxy groups -OCH3 is 1. The number of urea groups is 1. The second kappa shape index (κ2) is 4.51. The molecule has 0 spiro atoms. The summed E-state index contributed by atoms with van der Waals surface area (Å²) >= 11 is 0. The van der Waals surface area contributed by atoms with Gasteiger partial charge in [-0.2, -0.15) is 0 Å². The molecule has 5 heteroatoms. The summed E-state index contributed by atoms with van der Waals surface area (Å²) in [6.45, 7) is 3.05. The second-order valence-corrected chi connectivity index (χ2v) is 4.19. The number of nitrogens with zero attached hydrogens (tertiary/aromatic N) is 2. The highest BCUT2D eigenvalue weighted by atomic mass is 16.5. The molecule has 86 valence electrons. The van der Waals surface area contributed by atoms with Crippen LogP contribution in [0.2, 0.25) is 0 Å². The Labute approximate surface area is 90.0 Å². The van der Waals surface area contributed by atoms with Crippen LogP contribution in [-0.4, -0.2) is 56.1 Å². The fourth-order valence-electron chi connectivity index (χ4n) is 1.86. The molecule has 1 aliphatic heterocycles. The van der Waals surface area contributed by atoms with Gasteiger partial charge in [0.25, 0.3) is 0 Å². The number of hydrogen-bond acceptors (Lipinski definition) is 3. The summed E-state index contributed by atoms with van der Waals surface area (Å²) in [5, 5.41) is 0. The van der Waals surface area contributed by atoms with E-state index in [0.717, 1.165) is 0 Å². The number of rotatable bonds is 1. The van der Waals surface area contributed by atoms with Gasteiger partial charge in [0.05, 0.1) is 13.0 Å². The molecule has 0 radical (unpaired) electrons. The van der Waals surface area contributed by atoms with Crippen LogP contribution >= 0.6 is 0 Å². The maximum absolute atomic E-state index is 11.6. The summed E-state index contributed by atoms with van der Waals surface area (Å²) in [6, 6.07) is -0.0479. The van der Waals surface area contributed by atoms with Crippen molar-refractivity contribution in [3.63, 3.8) is 0 Å². The number of amides is 2. The fourth-order valence-corrected chi connectivity index (χ4v) is 1.86. The van der Waals surface area contributed by atoms with Gasteiger partial charge < -0.3 is 14.5 Å². The van der Waals surface area contributed by atoms with E-state index in [1.165, 1.54) is 12.0 Å². The van der Waals surface area contributed by atoms with E-state index in [9.17, 15) is 9.59 Å². The van der Waals surface area contributed by atoms with Crippen molar-refractivity contribution in [2.24, 2.45) is 11.8 Å². The zero-order valence-electron chi connectivity index (χ0n) is 9.69. The highest BCUT2D eigenvalue weighted by molar-refractivity contribution is 5.78. The normalized spacial score (nSPS) is 25.2. The van der Waals surface area contributed by atoms with Gasteiger partial charge in [-0.15, -0.1) is 0 Å². The van der Waals surface area contributed by atoms with Crippen LogP contribution in [0.5, 0.6) is 0 Å². The first-order valence-electron chi connectivity index (χ1n) is 5.01. The molecule has 1 rings (SSSR count). The molecule has 1 saturated heterocycles. The predicted octanol–water partition coefficient (Wildman–Crippen LogP) is 0.409. The van der Waals surface area contributed by atoms with Crippen LogP contribution in [0.1, 0.15) is 6.92 Å². The van der Waals surface area contributed by atoms with Crippen LogP contribution in [0.15, 0.2) is 0 Å². The number of hydrogen-bond donors (Lipinski definition) is 0. The van der Waals surface area contributed by atoms with Crippen LogP contribution < -0.4 is 0 Å². The molecule has 0 aromatic heterocycles. The van der Waals surface area contributed by atoms with Gasteiger partial charge in [-0.3, -0.25) is 4.79 Å². The average molecular weight is 214 g/mol. The Kier molecular flexibility index (Phi) is 3.55. The summed E-state index contributed by atoms with van der Waals surface area (Å²) in [7, 11) is 4.79. The molecule has 0 bridgehead atoms. The Morgan fingerprint density at radius 1 is 1.33 bits per heavy atom. The quantitative estimate of drug-likeness (QED) is 0.594. The van der Waals surface area contributed by atoms with Gasteiger partial charge in [-0.05, 0) is 5.92 Å². The first-order valence-corrected chi connectivity index (χ1v) is 5.01. The standard InChI is InChI=1S/C10H18N2O3/c1-7-5-12(10(14)11(2)3)6-8(7)9(13)15-4/h7-8H,5-6H2,1-4H3. The van der Waals surface area contributed by atoms with Crippen molar-refractivity contribution in [2.45, 2.75) is 6.92 Å². The molecule has 1 aliphatic rings. The number of esters is 1. The van der Waals surface area contributed by atoms with Gasteiger partial charge in [0.1, 0.15) is 0 Å². The molecule has 0 aromatic rings. The maximum Gasteiger partial charge on any atom is 0.319 e. The Morgan fingerprint density at radius 3 is 2.40 bits per heavy atom. The summed E-state index contributed by atoms with van der Waals surface area (Å²) < 4.78 is 4.70. The molecule has 15 heavy (non-hydrogen) atoms. The van der Waals surface area contributed by atoms with Crippen LogP contribution in [-0.2, 0) is 9.53 Å². The van der Waals surface area contributed by atoms with Crippen molar-refractivity contribution in [3.8, 4) is 0 Å². The maximum atomic E-state index is 11.6. The van der Waals surface area contributed by atoms with E-state index in [4.69, 9.17) is 4.74 Å². The molecule has 0 aliphatic carbocycles. The van der Waals surface area contributed by atoms with E-state index in [-0.39, 0.29) is 23.8 Å². The number of likely N-dealkylation sites (tertiary alicyclic amines) is 1. The van der Waals surface area contributed by atoms with Crippen molar-refractivity contribution in [3.05, 3.63) is 0 Å². The number of carbonyl (C=O) groups is 2. The fraction of sp³-hybridized carbons (Fsp3) is 0.800. The molecule has 0 saturated carbocycles. The van der Waals surface area contributed by atoms with Gasteiger partial charge in [-0.25, -0.2) is 4.79 Å². The molecule has 1 fully saturated rings. The Morgan fingerprint density at radius 2 is 1.93 bits per heavy atom. The van der Waals surface area contributed by atoms with E-state index in [0.29, 0.717) is 13.1 Å². The molecular formula is C10H18N2O3. The molecule has 5 nitrogen and oxygen atoms in total. The summed E-state index contributed by atoms with van der Waals surface area (Å²) in [6.07, 6.45) is 0. The molecule has 2 amide bonds. The Balaban J connectivity index is 2.63. The lowest BCUT2D eigenvalue weighted by molar-refractivity contribution is -0.146. The predicted molar refractivity (Wildman–Crippen MR) is 55.3 cm³/mol. The van der Waals surface area contributed by atoms with E-state index >= 15 is 0 Å². The van der Waals surface area contributed by atoms with E-state index in [2.05, 4.69) is 0 Å². The first-order chi connectivity index (χ1) is 6.97. The summed E-state index contributed by atoms with van der Waals surface area (Å²) in [4.78, 5) is 26.2. The topological polar surface area (TPSA) is 49.9 Å². The van der Waals surface area contributed by atoms with Crippen LogP contribution in [0, 0.1) is 11.8 Å². The Bertz CT molecular complexity index is 265.